The van der Waals surface area contributed by atoms with Crippen molar-refractivity contribution in [2.24, 2.45) is 0 Å². The fraction of sp³-hybridized carbons (Fsp3) is 0.316. The van der Waals surface area contributed by atoms with E-state index in [9.17, 15) is 22.4 Å². The number of nitrogens with one attached hydrogen (secondary N) is 2. The number of halogens is 4. The summed E-state index contributed by atoms with van der Waals surface area (Å²) in [6.07, 6.45) is -0.818. The number of alkyl halides is 2. The minimum Gasteiger partial charge on any atom is -0.370 e. The van der Waals surface area contributed by atoms with Crippen LogP contribution in [0.3, 0.4) is 0 Å². The highest BCUT2D eigenvalue weighted by Crippen LogP contribution is 2.37. The Bertz CT molecular complexity index is 797. The summed E-state index contributed by atoms with van der Waals surface area (Å²) in [6, 6.07) is 8.30. The van der Waals surface area contributed by atoms with Crippen molar-refractivity contribution in [3.63, 3.8) is 0 Å². The molecule has 7 heteroatoms. The van der Waals surface area contributed by atoms with E-state index in [1.54, 1.807) is 31.2 Å². The standard InChI is InChI=1S/C19H18F4N2O/c1-11-4-2-3-5-16(11)17(18(26)25-15-9-19(22,23)10-15)24-14-7-12(20)6-13(21)8-14/h2-8,15,17,24H,9-10H2,1H3,(H,25,26). The fourth-order valence-corrected chi connectivity index (χ4v) is 3.05. The van der Waals surface area contributed by atoms with Gasteiger partial charge in [-0.3, -0.25) is 4.79 Å². The molecular formula is C19H18F4N2O. The number of carbonyl (C=O) groups is 1. The normalized spacial score (nSPS) is 17.3. The first kappa shape index (κ1) is 18.2. The second-order valence-corrected chi connectivity index (χ2v) is 6.56. The first-order valence-electron chi connectivity index (χ1n) is 8.20. The SMILES string of the molecule is Cc1ccccc1C(Nc1cc(F)cc(F)c1)C(=O)NC1CC(F)(F)C1. The van der Waals surface area contributed by atoms with Crippen LogP contribution in [0.15, 0.2) is 42.5 Å². The third-order valence-electron chi connectivity index (χ3n) is 4.37. The summed E-state index contributed by atoms with van der Waals surface area (Å²) in [5, 5.41) is 5.39. The van der Waals surface area contributed by atoms with Crippen LogP contribution in [-0.4, -0.2) is 17.9 Å². The molecular weight excluding hydrogens is 348 g/mol. The van der Waals surface area contributed by atoms with Crippen LogP contribution in [0.5, 0.6) is 0 Å². The Morgan fingerprint density at radius 3 is 2.31 bits per heavy atom. The molecule has 0 radical (unpaired) electrons. The summed E-state index contributed by atoms with van der Waals surface area (Å²) in [4.78, 5) is 12.7. The molecule has 0 aromatic heterocycles. The molecule has 0 bridgehead atoms. The van der Waals surface area contributed by atoms with Gasteiger partial charge in [0.05, 0.1) is 0 Å². The minimum absolute atomic E-state index is 0.0878. The average Bonchev–Trinajstić information content (AvgIpc) is 2.50. The molecule has 2 aromatic carbocycles. The van der Waals surface area contributed by atoms with E-state index >= 15 is 0 Å². The van der Waals surface area contributed by atoms with Gasteiger partial charge >= 0.3 is 0 Å². The van der Waals surface area contributed by atoms with E-state index in [1.807, 2.05) is 0 Å². The average molecular weight is 366 g/mol. The van der Waals surface area contributed by atoms with Crippen molar-refractivity contribution in [2.75, 3.05) is 5.32 Å². The summed E-state index contributed by atoms with van der Waals surface area (Å²) in [5.41, 5.74) is 1.47. The zero-order valence-electron chi connectivity index (χ0n) is 14.0. The van der Waals surface area contributed by atoms with Crippen molar-refractivity contribution in [1.82, 2.24) is 5.32 Å². The summed E-state index contributed by atoms with van der Waals surface area (Å²) < 4.78 is 52.9. The van der Waals surface area contributed by atoms with Crippen LogP contribution in [-0.2, 0) is 4.79 Å². The van der Waals surface area contributed by atoms with Gasteiger partial charge in [-0.2, -0.15) is 0 Å². The molecule has 0 saturated heterocycles. The highest BCUT2D eigenvalue weighted by atomic mass is 19.3. The van der Waals surface area contributed by atoms with Crippen LogP contribution in [0.25, 0.3) is 0 Å². The van der Waals surface area contributed by atoms with Gasteiger partial charge in [0.15, 0.2) is 0 Å². The van der Waals surface area contributed by atoms with Crippen LogP contribution >= 0.6 is 0 Å². The minimum atomic E-state index is -2.75. The van der Waals surface area contributed by atoms with Crippen LogP contribution in [0, 0.1) is 18.6 Å². The molecule has 0 spiro atoms. The first-order valence-corrected chi connectivity index (χ1v) is 8.20. The Morgan fingerprint density at radius 2 is 1.73 bits per heavy atom. The number of rotatable bonds is 5. The van der Waals surface area contributed by atoms with Gasteiger partial charge in [0.2, 0.25) is 5.91 Å². The summed E-state index contributed by atoms with van der Waals surface area (Å²) in [6.45, 7) is 1.79. The third kappa shape index (κ3) is 4.15. The molecule has 1 unspecified atom stereocenters. The second kappa shape index (κ2) is 6.97. The first-order chi connectivity index (χ1) is 12.2. The maximum absolute atomic E-state index is 13.5. The fourth-order valence-electron chi connectivity index (χ4n) is 3.05. The zero-order valence-corrected chi connectivity index (χ0v) is 14.0. The lowest BCUT2D eigenvalue weighted by atomic mass is 9.87. The quantitative estimate of drug-likeness (QED) is 0.773. The molecule has 3 rings (SSSR count). The molecule has 0 heterocycles. The highest BCUT2D eigenvalue weighted by molar-refractivity contribution is 5.86. The van der Waals surface area contributed by atoms with Crippen molar-refractivity contribution in [2.45, 2.75) is 37.8 Å². The van der Waals surface area contributed by atoms with E-state index in [1.165, 1.54) is 0 Å². The number of benzene rings is 2. The number of anilines is 1. The van der Waals surface area contributed by atoms with E-state index in [0.29, 0.717) is 5.56 Å². The number of carbonyl (C=O) groups excluding carboxylic acids is 1. The molecule has 3 nitrogen and oxygen atoms in total. The molecule has 1 aliphatic carbocycles. The predicted molar refractivity (Wildman–Crippen MR) is 90.0 cm³/mol. The van der Waals surface area contributed by atoms with Crippen molar-refractivity contribution < 1.29 is 22.4 Å². The molecule has 1 saturated carbocycles. The van der Waals surface area contributed by atoms with Gasteiger partial charge < -0.3 is 10.6 Å². The second-order valence-electron chi connectivity index (χ2n) is 6.56. The van der Waals surface area contributed by atoms with Gasteiger partial charge in [-0.05, 0) is 30.2 Å². The smallest absolute Gasteiger partial charge is 0.252 e. The van der Waals surface area contributed by atoms with E-state index in [-0.39, 0.29) is 5.69 Å². The van der Waals surface area contributed by atoms with Crippen LogP contribution in [0.1, 0.15) is 30.0 Å². The maximum Gasteiger partial charge on any atom is 0.252 e. The Hall–Kier alpha value is -2.57. The van der Waals surface area contributed by atoms with Gasteiger partial charge in [-0.15, -0.1) is 0 Å². The Morgan fingerprint density at radius 1 is 1.12 bits per heavy atom. The Kier molecular flexibility index (Phi) is 4.89. The molecule has 1 fully saturated rings. The van der Waals surface area contributed by atoms with Crippen LogP contribution in [0.4, 0.5) is 23.2 Å². The van der Waals surface area contributed by atoms with Gasteiger partial charge in [0.1, 0.15) is 17.7 Å². The Balaban J connectivity index is 1.84. The van der Waals surface area contributed by atoms with Crippen molar-refractivity contribution in [1.29, 1.82) is 0 Å². The maximum atomic E-state index is 13.5. The van der Waals surface area contributed by atoms with E-state index in [2.05, 4.69) is 10.6 Å². The number of amides is 1. The molecule has 2 aromatic rings. The summed E-state index contributed by atoms with van der Waals surface area (Å²) in [7, 11) is 0. The van der Waals surface area contributed by atoms with Crippen molar-refractivity contribution in [3.8, 4) is 0 Å². The van der Waals surface area contributed by atoms with Gasteiger partial charge in [-0.25, -0.2) is 17.6 Å². The lowest BCUT2D eigenvalue weighted by molar-refractivity contribution is -0.130. The molecule has 26 heavy (non-hydrogen) atoms. The zero-order chi connectivity index (χ0) is 18.9. The summed E-state index contributed by atoms with van der Waals surface area (Å²) >= 11 is 0. The van der Waals surface area contributed by atoms with Crippen LogP contribution in [0.2, 0.25) is 0 Å². The molecule has 2 N–H and O–H groups in total. The largest absolute Gasteiger partial charge is 0.370 e. The lowest BCUT2D eigenvalue weighted by Gasteiger charge is -2.36. The molecule has 1 aliphatic rings. The molecule has 1 atom stereocenters. The van der Waals surface area contributed by atoms with Gasteiger partial charge in [0, 0.05) is 30.6 Å². The monoisotopic (exact) mass is 366 g/mol. The third-order valence-corrected chi connectivity index (χ3v) is 4.37. The van der Waals surface area contributed by atoms with Crippen molar-refractivity contribution in [3.05, 3.63) is 65.2 Å². The molecule has 1 amide bonds. The topological polar surface area (TPSA) is 41.1 Å². The van der Waals surface area contributed by atoms with E-state index < -0.39 is 48.4 Å². The number of hydrogen-bond acceptors (Lipinski definition) is 2. The molecule has 0 aliphatic heterocycles. The van der Waals surface area contributed by atoms with E-state index in [0.717, 1.165) is 23.8 Å². The molecule has 138 valence electrons. The number of aryl methyl sites for hydroxylation is 1. The Labute approximate surface area is 148 Å². The van der Waals surface area contributed by atoms with Gasteiger partial charge in [-0.1, -0.05) is 24.3 Å². The number of hydrogen-bond donors (Lipinski definition) is 2. The lowest BCUT2D eigenvalue weighted by Crippen LogP contribution is -2.52. The summed E-state index contributed by atoms with van der Waals surface area (Å²) in [5.74, 6) is -4.84. The predicted octanol–water partition coefficient (Wildman–Crippen LogP) is 4.34. The van der Waals surface area contributed by atoms with Crippen LogP contribution < -0.4 is 10.6 Å². The van der Waals surface area contributed by atoms with Crippen molar-refractivity contribution >= 4 is 11.6 Å². The van der Waals surface area contributed by atoms with Gasteiger partial charge in [0.25, 0.3) is 5.92 Å². The highest BCUT2D eigenvalue weighted by Gasteiger charge is 2.46. The van der Waals surface area contributed by atoms with E-state index in [4.69, 9.17) is 0 Å².